The molecule has 14 heteroatoms. The zero-order valence-electron chi connectivity index (χ0n) is 26.4. The number of carboxylic acids is 1. The van der Waals surface area contributed by atoms with Gasteiger partial charge in [-0.1, -0.05) is 44.2 Å². The molecule has 13 nitrogen and oxygen atoms in total. The van der Waals surface area contributed by atoms with Gasteiger partial charge in [0.2, 0.25) is 11.8 Å². The molecule has 0 unspecified atom stereocenters. The fourth-order valence-corrected chi connectivity index (χ4v) is 6.82. The van der Waals surface area contributed by atoms with E-state index in [0.29, 0.717) is 30.1 Å². The van der Waals surface area contributed by atoms with Gasteiger partial charge in [0.25, 0.3) is 0 Å². The number of nitrogens with one attached hydrogen (secondary N) is 2. The molecule has 6 rings (SSSR count). The van der Waals surface area contributed by atoms with E-state index in [4.69, 9.17) is 20.5 Å². The number of nitrogen functional groups attached to an aromatic ring is 1. The van der Waals surface area contributed by atoms with Gasteiger partial charge in [-0.3, -0.25) is 0 Å². The van der Waals surface area contributed by atoms with Gasteiger partial charge in [0, 0.05) is 34.4 Å². The molecule has 0 fully saturated rings. The van der Waals surface area contributed by atoms with Crippen LogP contribution in [0.4, 0.5) is 16.4 Å². The third-order valence-corrected chi connectivity index (χ3v) is 9.30. The number of anilines is 2. The van der Waals surface area contributed by atoms with E-state index >= 15 is 0 Å². The number of H-pyrrole nitrogens is 1. The number of fused-ring (bicyclic) bond motifs is 4. The summed E-state index contributed by atoms with van der Waals surface area (Å²) in [4.78, 5) is 42.8. The Hall–Kier alpha value is -5.94. The van der Waals surface area contributed by atoms with E-state index < -0.39 is 12.1 Å². The summed E-state index contributed by atoms with van der Waals surface area (Å²) in [7, 11) is 1.95. The molecule has 0 saturated carbocycles. The summed E-state index contributed by atoms with van der Waals surface area (Å²) in [5, 5.41) is 21.2. The van der Waals surface area contributed by atoms with Gasteiger partial charge in [-0.2, -0.15) is 15.2 Å². The van der Waals surface area contributed by atoms with Gasteiger partial charge >= 0.3 is 12.1 Å². The van der Waals surface area contributed by atoms with Gasteiger partial charge in [0.05, 0.1) is 12.9 Å². The minimum atomic E-state index is -1.24. The van der Waals surface area contributed by atoms with E-state index in [-0.39, 0.29) is 30.2 Å². The monoisotopic (exact) mass is 664 g/mol. The topological polar surface area (TPSA) is 192 Å². The smallest absolute Gasteiger partial charge is 0.407 e. The van der Waals surface area contributed by atoms with Gasteiger partial charge in [0.15, 0.2) is 5.65 Å². The molecular formula is C34H32N8O5S. The van der Waals surface area contributed by atoms with E-state index in [1.165, 1.54) is 23.7 Å². The van der Waals surface area contributed by atoms with Crippen molar-refractivity contribution in [2.75, 3.05) is 30.8 Å². The molecule has 244 valence electrons. The van der Waals surface area contributed by atoms with Crippen molar-refractivity contribution in [1.82, 2.24) is 25.3 Å². The number of alkyl carbamates (subject to hydrolysis) is 1. The number of nitriles is 1. The third-order valence-electron chi connectivity index (χ3n) is 8.19. The summed E-state index contributed by atoms with van der Waals surface area (Å²) < 4.78 is 11.3. The highest BCUT2D eigenvalue weighted by Gasteiger charge is 2.37. The number of aromatic nitrogens is 4. The van der Waals surface area contributed by atoms with Crippen LogP contribution in [0.2, 0.25) is 0 Å². The first kappa shape index (κ1) is 32.0. The van der Waals surface area contributed by atoms with Gasteiger partial charge < -0.3 is 35.5 Å². The Morgan fingerprint density at radius 2 is 1.92 bits per heavy atom. The van der Waals surface area contributed by atoms with Gasteiger partial charge in [-0.15, -0.1) is 11.3 Å². The normalized spacial score (nSPS) is 13.0. The molecule has 2 aromatic carbocycles. The average molecular weight is 665 g/mol. The van der Waals surface area contributed by atoms with Crippen molar-refractivity contribution in [3.8, 4) is 22.4 Å². The summed E-state index contributed by atoms with van der Waals surface area (Å²) in [6.45, 7) is 5.53. The summed E-state index contributed by atoms with van der Waals surface area (Å²) >= 11 is 1.48. The number of amides is 1. The number of carbonyl (C=O) groups is 2. The number of benzene rings is 2. The van der Waals surface area contributed by atoms with Crippen LogP contribution in [-0.4, -0.2) is 57.3 Å². The molecule has 3 heterocycles. The molecule has 0 aliphatic heterocycles. The lowest BCUT2D eigenvalue weighted by Gasteiger charge is -2.24. The highest BCUT2D eigenvalue weighted by atomic mass is 32.1. The molecular weight excluding hydrogens is 632 g/mol. The van der Waals surface area contributed by atoms with Crippen LogP contribution < -0.4 is 20.7 Å². The van der Waals surface area contributed by atoms with Crippen LogP contribution in [0.1, 0.15) is 41.0 Å². The van der Waals surface area contributed by atoms with Crippen molar-refractivity contribution >= 4 is 52.3 Å². The van der Waals surface area contributed by atoms with Crippen molar-refractivity contribution < 1.29 is 24.2 Å². The standard InChI is InChI=1S/C34H32N8O5S/c1-34(2)25-13-22(8-9-24(25)28-26(34)14-23(48-28)12-21(15-35)31(43)44)42(3)10-11-46-33(45)37-16-19-4-6-20(7-5-19)17-47-30-27-29(39-18-38-27)40-32(36)41-30/h4-9,12-14,18H,10-11,16-17H2,1-3H3,(H,37,45)(H,43,44)(H3,36,38,39,40,41)/b21-12+. The molecule has 1 aliphatic carbocycles. The predicted molar refractivity (Wildman–Crippen MR) is 181 cm³/mol. The Labute approximate surface area is 279 Å². The van der Waals surface area contributed by atoms with Gasteiger partial charge in [0.1, 0.15) is 30.4 Å². The Kier molecular flexibility index (Phi) is 8.70. The first-order valence-electron chi connectivity index (χ1n) is 15.0. The number of thiophene rings is 1. The summed E-state index contributed by atoms with van der Waals surface area (Å²) in [6.07, 6.45) is 2.42. The Bertz CT molecular complexity index is 2090. The molecule has 0 radical (unpaired) electrons. The number of aromatic amines is 1. The molecule has 0 bridgehead atoms. The number of carbonyl (C=O) groups excluding carboxylic acids is 1. The third kappa shape index (κ3) is 6.49. The van der Waals surface area contributed by atoms with Crippen LogP contribution in [0.25, 0.3) is 27.7 Å². The lowest BCUT2D eigenvalue weighted by atomic mass is 9.82. The summed E-state index contributed by atoms with van der Waals surface area (Å²) in [5.74, 6) is -0.834. The zero-order valence-corrected chi connectivity index (χ0v) is 27.2. The number of ether oxygens (including phenoxy) is 2. The van der Waals surface area contributed by atoms with E-state index in [1.807, 2.05) is 48.3 Å². The first-order valence-corrected chi connectivity index (χ1v) is 15.8. The second kappa shape index (κ2) is 13.0. The number of nitrogens with two attached hydrogens (primary N) is 1. The van der Waals surface area contributed by atoms with E-state index in [2.05, 4.69) is 51.2 Å². The lowest BCUT2D eigenvalue weighted by Crippen LogP contribution is -2.29. The fraction of sp³-hybridized carbons (Fsp3) is 0.235. The number of nitrogens with zero attached hydrogens (tertiary/aromatic N) is 5. The largest absolute Gasteiger partial charge is 0.477 e. The van der Waals surface area contributed by atoms with E-state index in [9.17, 15) is 14.7 Å². The zero-order chi connectivity index (χ0) is 34.0. The number of rotatable bonds is 11. The molecule has 0 atom stereocenters. The van der Waals surface area contributed by atoms with Crippen LogP contribution in [0.15, 0.2) is 60.4 Å². The highest BCUT2D eigenvalue weighted by Crippen LogP contribution is 2.53. The maximum Gasteiger partial charge on any atom is 0.407 e. The van der Waals surface area contributed by atoms with E-state index in [0.717, 1.165) is 43.3 Å². The maximum atomic E-state index is 12.4. The fourth-order valence-electron chi connectivity index (χ4n) is 5.52. The second-order valence-corrected chi connectivity index (χ2v) is 12.8. The SMILES string of the molecule is CN(CCOC(=O)NCc1ccc(COc2nc(N)nc3nc[nH]c23)cc1)c1ccc2c(c1)C(C)(C)c1cc(/C=C(\C#N)C(=O)O)sc1-2. The lowest BCUT2D eigenvalue weighted by molar-refractivity contribution is -0.132. The van der Waals surface area contributed by atoms with Crippen LogP contribution in [0.3, 0.4) is 0 Å². The predicted octanol–water partition coefficient (Wildman–Crippen LogP) is 5.24. The molecule has 48 heavy (non-hydrogen) atoms. The van der Waals surface area contributed by atoms with Crippen molar-refractivity contribution in [3.63, 3.8) is 0 Å². The van der Waals surface area contributed by atoms with Crippen molar-refractivity contribution in [3.05, 3.63) is 87.6 Å². The van der Waals surface area contributed by atoms with Crippen LogP contribution >= 0.6 is 11.3 Å². The minimum absolute atomic E-state index is 0.0807. The second-order valence-electron chi connectivity index (χ2n) is 11.7. The molecule has 3 aromatic heterocycles. The quantitative estimate of drug-likeness (QED) is 0.107. The molecule has 0 spiro atoms. The molecule has 1 aliphatic rings. The molecule has 1 amide bonds. The average Bonchev–Trinajstić information content (AvgIpc) is 3.77. The number of likely N-dealkylation sites (N-methyl/N-ethyl adjacent to an activating group) is 1. The Morgan fingerprint density at radius 1 is 1.15 bits per heavy atom. The van der Waals surface area contributed by atoms with Crippen molar-refractivity contribution in [1.29, 1.82) is 5.26 Å². The summed E-state index contributed by atoms with van der Waals surface area (Å²) in [5.41, 5.74) is 12.3. The number of hydrogen-bond donors (Lipinski definition) is 4. The number of aliphatic carboxylic acids is 1. The van der Waals surface area contributed by atoms with Crippen LogP contribution in [0.5, 0.6) is 5.88 Å². The number of hydrogen-bond acceptors (Lipinski definition) is 11. The van der Waals surface area contributed by atoms with Crippen LogP contribution in [-0.2, 0) is 28.1 Å². The van der Waals surface area contributed by atoms with Gasteiger partial charge in [-0.05, 0) is 52.1 Å². The Balaban J connectivity index is 0.980. The van der Waals surface area contributed by atoms with Crippen molar-refractivity contribution in [2.45, 2.75) is 32.4 Å². The Morgan fingerprint density at radius 3 is 2.67 bits per heavy atom. The molecule has 5 N–H and O–H groups in total. The minimum Gasteiger partial charge on any atom is -0.477 e. The molecule has 0 saturated heterocycles. The number of imidazole rings is 1. The molecule has 5 aromatic rings. The van der Waals surface area contributed by atoms with Gasteiger partial charge in [-0.25, -0.2) is 14.6 Å². The van der Waals surface area contributed by atoms with Crippen molar-refractivity contribution in [2.24, 2.45) is 0 Å². The maximum absolute atomic E-state index is 12.4. The van der Waals surface area contributed by atoms with Crippen LogP contribution in [0, 0.1) is 11.3 Å². The first-order chi connectivity index (χ1) is 23.0. The highest BCUT2D eigenvalue weighted by molar-refractivity contribution is 7.16. The summed E-state index contributed by atoms with van der Waals surface area (Å²) in [6, 6.07) is 17.6. The van der Waals surface area contributed by atoms with E-state index in [1.54, 1.807) is 6.07 Å². The number of carboxylic acid groups (broad SMARTS) is 1.